The fraction of sp³-hybridized carbons (Fsp3) is 0.200. The van der Waals surface area contributed by atoms with Crippen molar-refractivity contribution < 1.29 is 33.4 Å². The van der Waals surface area contributed by atoms with Crippen LogP contribution in [0.15, 0.2) is 60.7 Å². The molecule has 1 heterocycles. The third kappa shape index (κ3) is 7.15. The summed E-state index contributed by atoms with van der Waals surface area (Å²) in [6.45, 7) is 0.873. The zero-order valence-corrected chi connectivity index (χ0v) is 20.0. The lowest BCUT2D eigenvalue weighted by molar-refractivity contribution is -0.146. The second-order valence-electron chi connectivity index (χ2n) is 7.06. The molecule has 2 aromatic carbocycles. The minimum Gasteiger partial charge on any atom is -0.497 e. The Labute approximate surface area is 206 Å². The van der Waals surface area contributed by atoms with Gasteiger partial charge in [0.05, 0.1) is 19.4 Å². The van der Waals surface area contributed by atoms with Crippen molar-refractivity contribution in [2.24, 2.45) is 0 Å². The highest BCUT2D eigenvalue weighted by Crippen LogP contribution is 2.35. The minimum atomic E-state index is -0.789. The summed E-state index contributed by atoms with van der Waals surface area (Å²) in [5.41, 5.74) is 1.48. The Morgan fingerprint density at radius 1 is 0.943 bits per heavy atom. The van der Waals surface area contributed by atoms with E-state index in [2.05, 4.69) is 10.6 Å². The van der Waals surface area contributed by atoms with E-state index in [-0.39, 0.29) is 17.2 Å². The van der Waals surface area contributed by atoms with Gasteiger partial charge in [-0.3, -0.25) is 14.4 Å². The van der Waals surface area contributed by atoms with Crippen LogP contribution in [0.3, 0.4) is 0 Å². The Morgan fingerprint density at radius 2 is 1.66 bits per heavy atom. The zero-order chi connectivity index (χ0) is 25.2. The van der Waals surface area contributed by atoms with Crippen LogP contribution in [0, 0.1) is 0 Å². The number of esters is 2. The Kier molecular flexibility index (Phi) is 8.96. The van der Waals surface area contributed by atoms with Crippen molar-refractivity contribution in [2.45, 2.75) is 6.92 Å². The second-order valence-corrected chi connectivity index (χ2v) is 8.11. The molecule has 0 bridgehead atoms. The number of anilines is 1. The first-order chi connectivity index (χ1) is 16.9. The average molecular weight is 497 g/mol. The number of amides is 2. The monoisotopic (exact) mass is 496 g/mol. The van der Waals surface area contributed by atoms with Crippen LogP contribution in [0.1, 0.15) is 27.0 Å². The summed E-state index contributed by atoms with van der Waals surface area (Å²) in [6.07, 6.45) is 0. The van der Waals surface area contributed by atoms with Crippen LogP contribution in [-0.4, -0.2) is 50.6 Å². The van der Waals surface area contributed by atoms with Gasteiger partial charge in [-0.05, 0) is 42.8 Å². The second kappa shape index (κ2) is 12.3. The summed E-state index contributed by atoms with van der Waals surface area (Å²) in [5.74, 6) is -1.86. The molecule has 0 aliphatic heterocycles. The summed E-state index contributed by atoms with van der Waals surface area (Å²) in [6, 6.07) is 17.4. The Balaban J connectivity index is 1.55. The molecule has 0 saturated heterocycles. The van der Waals surface area contributed by atoms with E-state index in [1.165, 1.54) is 18.4 Å². The molecule has 0 fully saturated rings. The average Bonchev–Trinajstić information content (AvgIpc) is 3.30. The van der Waals surface area contributed by atoms with E-state index in [1.54, 1.807) is 37.3 Å². The van der Waals surface area contributed by atoms with E-state index in [0.29, 0.717) is 11.3 Å². The Morgan fingerprint density at radius 3 is 2.31 bits per heavy atom. The highest BCUT2D eigenvalue weighted by atomic mass is 32.1. The highest BCUT2D eigenvalue weighted by Gasteiger charge is 2.20. The van der Waals surface area contributed by atoms with Crippen LogP contribution in [0.5, 0.6) is 5.75 Å². The van der Waals surface area contributed by atoms with Crippen molar-refractivity contribution in [1.82, 2.24) is 5.32 Å². The summed E-state index contributed by atoms with van der Waals surface area (Å²) in [7, 11) is 1.51. The predicted molar refractivity (Wildman–Crippen MR) is 131 cm³/mol. The third-order valence-electron chi connectivity index (χ3n) is 4.64. The standard InChI is InChI=1S/C25H24N2O7S/c1-3-33-25(31)23-19(13-20(35-23)16-7-5-4-6-8-16)27-21(28)15-34-22(29)14-26-24(30)17-9-11-18(32-2)12-10-17/h4-13H,3,14-15H2,1-2H3,(H,26,30)(H,27,28). The fourth-order valence-corrected chi connectivity index (χ4v) is 3.97. The van der Waals surface area contributed by atoms with E-state index in [4.69, 9.17) is 14.2 Å². The Hall–Kier alpha value is -4.18. The van der Waals surface area contributed by atoms with Crippen molar-refractivity contribution >= 4 is 40.8 Å². The molecule has 0 saturated carbocycles. The first-order valence-electron chi connectivity index (χ1n) is 10.6. The van der Waals surface area contributed by atoms with Crippen LogP contribution in [-0.2, 0) is 19.1 Å². The van der Waals surface area contributed by atoms with Crippen molar-refractivity contribution in [3.63, 3.8) is 0 Å². The molecule has 0 aliphatic rings. The SMILES string of the molecule is CCOC(=O)c1sc(-c2ccccc2)cc1NC(=O)COC(=O)CNC(=O)c1ccc(OC)cc1. The van der Waals surface area contributed by atoms with Gasteiger partial charge in [-0.25, -0.2) is 4.79 Å². The van der Waals surface area contributed by atoms with Crippen molar-refractivity contribution in [3.05, 3.63) is 71.1 Å². The minimum absolute atomic E-state index is 0.185. The van der Waals surface area contributed by atoms with E-state index in [1.807, 2.05) is 30.3 Å². The first kappa shape index (κ1) is 25.4. The topological polar surface area (TPSA) is 120 Å². The van der Waals surface area contributed by atoms with Crippen LogP contribution in [0.25, 0.3) is 10.4 Å². The van der Waals surface area contributed by atoms with E-state index in [9.17, 15) is 19.2 Å². The summed E-state index contributed by atoms with van der Waals surface area (Å²) >= 11 is 1.19. The molecule has 10 heteroatoms. The van der Waals surface area contributed by atoms with Crippen LogP contribution in [0.2, 0.25) is 0 Å². The van der Waals surface area contributed by atoms with E-state index >= 15 is 0 Å². The van der Waals surface area contributed by atoms with E-state index < -0.39 is 36.9 Å². The number of nitrogens with one attached hydrogen (secondary N) is 2. The van der Waals surface area contributed by atoms with Gasteiger partial charge in [-0.1, -0.05) is 30.3 Å². The first-order valence-corrected chi connectivity index (χ1v) is 11.5. The number of thiophene rings is 1. The van der Waals surface area contributed by atoms with Gasteiger partial charge >= 0.3 is 11.9 Å². The lowest BCUT2D eigenvalue weighted by Crippen LogP contribution is -2.32. The number of carbonyl (C=O) groups excluding carboxylic acids is 4. The maximum atomic E-state index is 12.4. The molecule has 2 amide bonds. The molecule has 1 aromatic heterocycles. The normalized spacial score (nSPS) is 10.2. The zero-order valence-electron chi connectivity index (χ0n) is 19.2. The summed E-state index contributed by atoms with van der Waals surface area (Å²) in [4.78, 5) is 49.8. The van der Waals surface area contributed by atoms with Gasteiger partial charge in [0.15, 0.2) is 6.61 Å². The summed E-state index contributed by atoms with van der Waals surface area (Å²) < 4.78 is 15.1. The predicted octanol–water partition coefficient (Wildman–Crippen LogP) is 3.51. The molecule has 9 nitrogen and oxygen atoms in total. The maximum absolute atomic E-state index is 12.4. The Bertz CT molecular complexity index is 1190. The number of hydrogen-bond donors (Lipinski definition) is 2. The maximum Gasteiger partial charge on any atom is 0.350 e. The lowest BCUT2D eigenvalue weighted by atomic mass is 10.2. The molecule has 0 aliphatic carbocycles. The number of hydrogen-bond acceptors (Lipinski definition) is 8. The van der Waals surface area contributed by atoms with Crippen molar-refractivity contribution in [3.8, 4) is 16.2 Å². The molecule has 2 N–H and O–H groups in total. The molecule has 0 radical (unpaired) electrons. The largest absolute Gasteiger partial charge is 0.497 e. The quantitative estimate of drug-likeness (QED) is 0.412. The van der Waals surface area contributed by atoms with Crippen LogP contribution >= 0.6 is 11.3 Å². The fourth-order valence-electron chi connectivity index (χ4n) is 2.96. The van der Waals surface area contributed by atoms with Crippen LogP contribution < -0.4 is 15.4 Å². The molecule has 182 valence electrons. The number of benzene rings is 2. The van der Waals surface area contributed by atoms with Crippen molar-refractivity contribution in [1.29, 1.82) is 0 Å². The van der Waals surface area contributed by atoms with Crippen molar-refractivity contribution in [2.75, 3.05) is 32.2 Å². The molecule has 3 aromatic rings. The van der Waals surface area contributed by atoms with Gasteiger partial charge in [0.25, 0.3) is 11.8 Å². The van der Waals surface area contributed by atoms with E-state index in [0.717, 1.165) is 10.4 Å². The van der Waals surface area contributed by atoms with Gasteiger partial charge in [0, 0.05) is 10.4 Å². The number of carbonyl (C=O) groups is 4. The molecular formula is C25H24N2O7S. The van der Waals surface area contributed by atoms with Gasteiger partial charge < -0.3 is 24.8 Å². The molecule has 0 spiro atoms. The van der Waals surface area contributed by atoms with Gasteiger partial charge in [-0.2, -0.15) is 0 Å². The summed E-state index contributed by atoms with van der Waals surface area (Å²) in [5, 5.41) is 5.01. The highest BCUT2D eigenvalue weighted by molar-refractivity contribution is 7.18. The van der Waals surface area contributed by atoms with Gasteiger partial charge in [0.2, 0.25) is 0 Å². The number of rotatable bonds is 10. The third-order valence-corrected chi connectivity index (χ3v) is 5.80. The van der Waals surface area contributed by atoms with Gasteiger partial charge in [-0.15, -0.1) is 11.3 Å². The number of ether oxygens (including phenoxy) is 3. The number of methoxy groups -OCH3 is 1. The molecule has 0 unspecified atom stereocenters. The molecule has 3 rings (SSSR count). The molecule has 35 heavy (non-hydrogen) atoms. The lowest BCUT2D eigenvalue weighted by Gasteiger charge is -2.08. The van der Waals surface area contributed by atoms with Crippen LogP contribution in [0.4, 0.5) is 5.69 Å². The van der Waals surface area contributed by atoms with Gasteiger partial charge in [0.1, 0.15) is 17.2 Å². The smallest absolute Gasteiger partial charge is 0.350 e. The molecule has 0 atom stereocenters. The molecular weight excluding hydrogens is 472 g/mol.